The number of hydrogen-bond acceptors (Lipinski definition) is 6. The average molecular weight is 360 g/mol. The van der Waals surface area contributed by atoms with Crippen LogP contribution in [0.25, 0.3) is 10.9 Å². The Bertz CT molecular complexity index is 949. The Kier molecular flexibility index (Phi) is 4.87. The number of non-ortho nitro benzene ring substituents is 1. The number of rotatable bonds is 6. The fourth-order valence-electron chi connectivity index (χ4n) is 2.46. The van der Waals surface area contributed by atoms with Crippen molar-refractivity contribution in [3.63, 3.8) is 0 Å². The van der Waals surface area contributed by atoms with Gasteiger partial charge in [0.15, 0.2) is 0 Å². The smallest absolute Gasteiger partial charge is 0.387 e. The summed E-state index contributed by atoms with van der Waals surface area (Å²) >= 11 is 0. The lowest BCUT2D eigenvalue weighted by Gasteiger charge is -2.10. The zero-order valence-corrected chi connectivity index (χ0v) is 13.6. The molecule has 0 bridgehead atoms. The highest BCUT2D eigenvalue weighted by atomic mass is 19.3. The Labute approximate surface area is 146 Å². The van der Waals surface area contributed by atoms with Crippen LogP contribution in [-0.2, 0) is 6.54 Å². The topological polar surface area (TPSA) is 90.2 Å². The summed E-state index contributed by atoms with van der Waals surface area (Å²) in [6.45, 7) is -0.795. The highest BCUT2D eigenvalue weighted by Gasteiger charge is 2.12. The van der Waals surface area contributed by atoms with Gasteiger partial charge in [-0.2, -0.15) is 8.78 Å². The Morgan fingerprint density at radius 1 is 1.19 bits per heavy atom. The number of fused-ring (bicyclic) bond motifs is 1. The first-order valence-corrected chi connectivity index (χ1v) is 7.63. The number of nitro groups is 1. The Hall–Kier alpha value is -3.36. The second-order valence-electron chi connectivity index (χ2n) is 5.45. The van der Waals surface area contributed by atoms with E-state index in [1.807, 2.05) is 0 Å². The van der Waals surface area contributed by atoms with E-state index in [-0.39, 0.29) is 11.4 Å². The molecule has 1 aromatic heterocycles. The summed E-state index contributed by atoms with van der Waals surface area (Å²) in [4.78, 5) is 19.1. The predicted molar refractivity (Wildman–Crippen MR) is 91.3 cm³/mol. The van der Waals surface area contributed by atoms with E-state index in [2.05, 4.69) is 20.0 Å². The monoisotopic (exact) mass is 360 g/mol. The van der Waals surface area contributed by atoms with Crippen LogP contribution in [0.1, 0.15) is 11.4 Å². The minimum Gasteiger partial charge on any atom is -0.435 e. The van der Waals surface area contributed by atoms with E-state index in [4.69, 9.17) is 0 Å². The molecular weight excluding hydrogens is 346 g/mol. The van der Waals surface area contributed by atoms with E-state index in [0.717, 1.165) is 5.56 Å². The van der Waals surface area contributed by atoms with Gasteiger partial charge in [-0.3, -0.25) is 10.1 Å². The van der Waals surface area contributed by atoms with E-state index in [1.165, 1.54) is 24.3 Å². The quantitative estimate of drug-likeness (QED) is 0.527. The molecule has 7 nitrogen and oxygen atoms in total. The van der Waals surface area contributed by atoms with Crippen LogP contribution in [0.2, 0.25) is 0 Å². The number of aryl methyl sites for hydroxylation is 1. The van der Waals surface area contributed by atoms with Crippen molar-refractivity contribution in [2.45, 2.75) is 20.1 Å². The minimum atomic E-state index is -2.87. The molecule has 2 aromatic carbocycles. The summed E-state index contributed by atoms with van der Waals surface area (Å²) in [5.41, 5.74) is 1.34. The number of nitro benzene ring substituents is 1. The van der Waals surface area contributed by atoms with E-state index in [9.17, 15) is 18.9 Å². The van der Waals surface area contributed by atoms with Crippen LogP contribution in [0.4, 0.5) is 20.3 Å². The lowest BCUT2D eigenvalue weighted by Crippen LogP contribution is -2.05. The summed E-state index contributed by atoms with van der Waals surface area (Å²) < 4.78 is 28.6. The highest BCUT2D eigenvalue weighted by Crippen LogP contribution is 2.25. The van der Waals surface area contributed by atoms with Crippen molar-refractivity contribution < 1.29 is 18.4 Å². The molecular formula is C17H14F2N4O3. The third-order valence-corrected chi connectivity index (χ3v) is 3.61. The molecule has 1 heterocycles. The van der Waals surface area contributed by atoms with Crippen LogP contribution < -0.4 is 10.1 Å². The van der Waals surface area contributed by atoms with Crippen LogP contribution in [0.5, 0.6) is 5.75 Å². The number of nitrogens with one attached hydrogen (secondary N) is 1. The van der Waals surface area contributed by atoms with Crippen LogP contribution in [0.15, 0.2) is 42.5 Å². The molecule has 1 N–H and O–H groups in total. The van der Waals surface area contributed by atoms with Crippen LogP contribution >= 0.6 is 0 Å². The van der Waals surface area contributed by atoms with Crippen molar-refractivity contribution >= 4 is 22.4 Å². The third-order valence-electron chi connectivity index (χ3n) is 3.61. The number of aromatic nitrogens is 2. The van der Waals surface area contributed by atoms with E-state index in [1.54, 1.807) is 25.1 Å². The molecule has 0 atom stereocenters. The molecule has 0 aliphatic heterocycles. The average Bonchev–Trinajstić information content (AvgIpc) is 2.59. The summed E-state index contributed by atoms with van der Waals surface area (Å²) in [6.07, 6.45) is 0. The molecule has 3 rings (SSSR count). The fourth-order valence-corrected chi connectivity index (χ4v) is 2.46. The number of halogens is 2. The maximum Gasteiger partial charge on any atom is 0.387 e. The van der Waals surface area contributed by atoms with Gasteiger partial charge in [0.1, 0.15) is 17.4 Å². The number of hydrogen-bond donors (Lipinski definition) is 1. The van der Waals surface area contributed by atoms with Gasteiger partial charge in [0, 0.05) is 24.1 Å². The summed E-state index contributed by atoms with van der Waals surface area (Å²) in [6, 6.07) is 10.5. The lowest BCUT2D eigenvalue weighted by atomic mass is 10.2. The molecule has 0 fully saturated rings. The summed E-state index contributed by atoms with van der Waals surface area (Å²) in [5.74, 6) is 1.06. The van der Waals surface area contributed by atoms with Gasteiger partial charge in [0.25, 0.3) is 5.69 Å². The zero-order valence-electron chi connectivity index (χ0n) is 13.6. The minimum absolute atomic E-state index is 0.0542. The van der Waals surface area contributed by atoms with Gasteiger partial charge in [-0.05, 0) is 30.7 Å². The molecule has 0 saturated carbocycles. The predicted octanol–water partition coefficient (Wildman–Crippen LogP) is 4.06. The molecule has 0 saturated heterocycles. The number of anilines is 1. The van der Waals surface area contributed by atoms with Crippen LogP contribution in [-0.4, -0.2) is 21.5 Å². The summed E-state index contributed by atoms with van der Waals surface area (Å²) in [7, 11) is 0. The van der Waals surface area contributed by atoms with E-state index < -0.39 is 11.5 Å². The Morgan fingerprint density at radius 2 is 1.92 bits per heavy atom. The Balaban J connectivity index is 1.83. The molecule has 134 valence electrons. The second kappa shape index (κ2) is 7.26. The van der Waals surface area contributed by atoms with Crippen molar-refractivity contribution in [2.75, 3.05) is 5.32 Å². The number of benzene rings is 2. The lowest BCUT2D eigenvalue weighted by molar-refractivity contribution is -0.384. The molecule has 9 heteroatoms. The molecule has 0 radical (unpaired) electrons. The maximum absolute atomic E-state index is 12.2. The van der Waals surface area contributed by atoms with Crippen molar-refractivity contribution in [3.05, 3.63) is 64.0 Å². The van der Waals surface area contributed by atoms with Gasteiger partial charge < -0.3 is 10.1 Å². The zero-order chi connectivity index (χ0) is 18.7. The maximum atomic E-state index is 12.2. The summed E-state index contributed by atoms with van der Waals surface area (Å²) in [5, 5.41) is 14.6. The van der Waals surface area contributed by atoms with E-state index >= 15 is 0 Å². The van der Waals surface area contributed by atoms with Crippen molar-refractivity contribution in [3.8, 4) is 5.75 Å². The van der Waals surface area contributed by atoms with Gasteiger partial charge in [-0.15, -0.1) is 0 Å². The third kappa shape index (κ3) is 4.00. The molecule has 0 spiro atoms. The molecule has 0 amide bonds. The standard InChI is InChI=1S/C17H14F2N4O3/c1-10-21-15-7-4-12(23(24)25)8-14(15)16(22-10)20-9-11-2-5-13(6-3-11)26-17(18)19/h2-8,17H,9H2,1H3,(H,20,21,22). The normalized spacial score (nSPS) is 10.9. The van der Waals surface area contributed by atoms with Gasteiger partial charge in [-0.1, -0.05) is 12.1 Å². The molecule has 0 aliphatic carbocycles. The van der Waals surface area contributed by atoms with Crippen molar-refractivity contribution in [2.24, 2.45) is 0 Å². The molecule has 3 aromatic rings. The van der Waals surface area contributed by atoms with Crippen molar-refractivity contribution in [1.82, 2.24) is 9.97 Å². The first-order valence-electron chi connectivity index (χ1n) is 7.63. The van der Waals surface area contributed by atoms with Crippen LogP contribution in [0, 0.1) is 17.0 Å². The van der Waals surface area contributed by atoms with Crippen LogP contribution in [0.3, 0.4) is 0 Å². The number of ether oxygens (including phenoxy) is 1. The second-order valence-corrected chi connectivity index (χ2v) is 5.45. The number of alkyl halides is 2. The SMILES string of the molecule is Cc1nc(NCc2ccc(OC(F)F)cc2)c2cc([N+](=O)[O-])ccc2n1. The van der Waals surface area contributed by atoms with Crippen molar-refractivity contribution in [1.29, 1.82) is 0 Å². The largest absolute Gasteiger partial charge is 0.435 e. The molecule has 0 aliphatic rings. The highest BCUT2D eigenvalue weighted by molar-refractivity contribution is 5.90. The first kappa shape index (κ1) is 17.5. The van der Waals surface area contributed by atoms with E-state index in [0.29, 0.717) is 29.1 Å². The fraction of sp³-hybridized carbons (Fsp3) is 0.176. The first-order chi connectivity index (χ1) is 12.4. The van der Waals surface area contributed by atoms with Gasteiger partial charge in [0.2, 0.25) is 0 Å². The number of nitrogens with zero attached hydrogens (tertiary/aromatic N) is 3. The Morgan fingerprint density at radius 3 is 2.58 bits per heavy atom. The molecule has 0 unspecified atom stereocenters. The molecule has 26 heavy (non-hydrogen) atoms. The van der Waals surface area contributed by atoms with Gasteiger partial charge in [0.05, 0.1) is 10.4 Å². The van der Waals surface area contributed by atoms with Gasteiger partial charge >= 0.3 is 6.61 Å². The van der Waals surface area contributed by atoms with Gasteiger partial charge in [-0.25, -0.2) is 9.97 Å².